The quantitative estimate of drug-likeness (QED) is 0.449. The van der Waals surface area contributed by atoms with Crippen molar-refractivity contribution in [2.75, 3.05) is 7.05 Å². The van der Waals surface area contributed by atoms with Gasteiger partial charge in [0.1, 0.15) is 0 Å². The van der Waals surface area contributed by atoms with E-state index in [4.69, 9.17) is 10.8 Å². The van der Waals surface area contributed by atoms with Crippen LogP contribution in [0.4, 0.5) is 4.79 Å². The van der Waals surface area contributed by atoms with Gasteiger partial charge in [-0.15, -0.1) is 0 Å². The summed E-state index contributed by atoms with van der Waals surface area (Å²) in [5, 5.41) is 12.4. The highest BCUT2D eigenvalue weighted by molar-refractivity contribution is 5.96. The minimum atomic E-state index is -1.03. The van der Waals surface area contributed by atoms with Gasteiger partial charge in [-0.25, -0.2) is 4.79 Å². The van der Waals surface area contributed by atoms with E-state index in [0.717, 1.165) is 0 Å². The van der Waals surface area contributed by atoms with E-state index in [1.54, 1.807) is 0 Å². The number of hydrogen-bond donors (Lipinski definition) is 4. The molecule has 0 aliphatic heterocycles. The van der Waals surface area contributed by atoms with E-state index < -0.39 is 23.9 Å². The molecule has 0 bridgehead atoms. The average Bonchev–Trinajstić information content (AvgIpc) is 2.13. The van der Waals surface area contributed by atoms with Gasteiger partial charge in [0.2, 0.25) is 5.91 Å². The predicted octanol–water partition coefficient (Wildman–Crippen LogP) is -1.37. The third kappa shape index (κ3) is 5.09. The van der Waals surface area contributed by atoms with Crippen LogP contribution in [0.1, 0.15) is 12.8 Å². The van der Waals surface area contributed by atoms with Crippen LogP contribution in [0, 0.1) is 0 Å². The lowest BCUT2D eigenvalue weighted by atomic mass is 10.1. The van der Waals surface area contributed by atoms with E-state index in [-0.39, 0.29) is 12.8 Å². The first-order chi connectivity index (χ1) is 6.47. The number of hydrogen-bond acceptors (Lipinski definition) is 4. The first-order valence-electron chi connectivity index (χ1n) is 3.97. The number of carboxylic acid groups (broad SMARTS) is 1. The Labute approximate surface area is 80.6 Å². The Balaban J connectivity index is 3.87. The maximum absolute atomic E-state index is 11.0. The number of carboxylic acids is 1. The van der Waals surface area contributed by atoms with Gasteiger partial charge in [-0.1, -0.05) is 0 Å². The molecule has 0 fully saturated rings. The van der Waals surface area contributed by atoms with Crippen LogP contribution in [-0.2, 0) is 9.59 Å². The standard InChI is InChI=1S/C7H13N3O4/c1-9-7(14)10-6(13)4(8)2-3-5(11)12/h4H,2-3,8H2,1H3,(H,11,12)(H2,9,10,13,14)/t4-/m0/s1. The summed E-state index contributed by atoms with van der Waals surface area (Å²) < 4.78 is 0. The number of carbonyl (C=O) groups is 3. The summed E-state index contributed by atoms with van der Waals surface area (Å²) >= 11 is 0. The van der Waals surface area contributed by atoms with Crippen LogP contribution < -0.4 is 16.4 Å². The van der Waals surface area contributed by atoms with Crippen molar-refractivity contribution in [2.45, 2.75) is 18.9 Å². The van der Waals surface area contributed by atoms with Crippen molar-refractivity contribution in [2.24, 2.45) is 5.73 Å². The molecule has 0 aliphatic carbocycles. The summed E-state index contributed by atoms with van der Waals surface area (Å²) in [7, 11) is 1.35. The third-order valence-electron chi connectivity index (χ3n) is 1.47. The van der Waals surface area contributed by atoms with Gasteiger partial charge >= 0.3 is 12.0 Å². The van der Waals surface area contributed by atoms with Gasteiger partial charge in [0.05, 0.1) is 6.04 Å². The molecule has 80 valence electrons. The van der Waals surface area contributed by atoms with Crippen molar-refractivity contribution in [3.05, 3.63) is 0 Å². The lowest BCUT2D eigenvalue weighted by Gasteiger charge is -2.09. The van der Waals surface area contributed by atoms with Gasteiger partial charge in [-0.3, -0.25) is 14.9 Å². The average molecular weight is 203 g/mol. The predicted molar refractivity (Wildman–Crippen MR) is 47.4 cm³/mol. The number of rotatable bonds is 4. The van der Waals surface area contributed by atoms with Crippen molar-refractivity contribution in [3.8, 4) is 0 Å². The molecular weight excluding hydrogens is 190 g/mol. The number of nitrogens with one attached hydrogen (secondary N) is 2. The van der Waals surface area contributed by atoms with Crippen molar-refractivity contribution in [3.63, 3.8) is 0 Å². The summed E-state index contributed by atoms with van der Waals surface area (Å²) in [6.07, 6.45) is -0.208. The fourth-order valence-corrected chi connectivity index (χ4v) is 0.677. The van der Waals surface area contributed by atoms with Gasteiger partial charge in [-0.2, -0.15) is 0 Å². The summed E-state index contributed by atoms with van der Waals surface area (Å²) in [5.41, 5.74) is 5.31. The molecule has 0 aromatic heterocycles. The third-order valence-corrected chi connectivity index (χ3v) is 1.47. The van der Waals surface area contributed by atoms with Gasteiger partial charge in [0.15, 0.2) is 0 Å². The van der Waals surface area contributed by atoms with E-state index >= 15 is 0 Å². The lowest BCUT2D eigenvalue weighted by molar-refractivity contribution is -0.137. The second kappa shape index (κ2) is 5.92. The van der Waals surface area contributed by atoms with Crippen LogP contribution in [0.5, 0.6) is 0 Å². The second-order valence-electron chi connectivity index (χ2n) is 2.61. The van der Waals surface area contributed by atoms with E-state index in [1.807, 2.05) is 5.32 Å². The molecule has 0 unspecified atom stereocenters. The smallest absolute Gasteiger partial charge is 0.321 e. The topological polar surface area (TPSA) is 122 Å². The van der Waals surface area contributed by atoms with E-state index in [0.29, 0.717) is 0 Å². The number of imide groups is 1. The molecule has 7 nitrogen and oxygen atoms in total. The Morgan fingerprint density at radius 3 is 2.43 bits per heavy atom. The zero-order chi connectivity index (χ0) is 11.1. The Morgan fingerprint density at radius 1 is 1.43 bits per heavy atom. The van der Waals surface area contributed by atoms with E-state index in [2.05, 4.69) is 5.32 Å². The minimum Gasteiger partial charge on any atom is -0.481 e. The van der Waals surface area contributed by atoms with E-state index in [1.165, 1.54) is 7.05 Å². The molecular formula is C7H13N3O4. The highest BCUT2D eigenvalue weighted by atomic mass is 16.4. The largest absolute Gasteiger partial charge is 0.481 e. The fraction of sp³-hybridized carbons (Fsp3) is 0.571. The number of amides is 3. The molecule has 0 spiro atoms. The molecule has 0 saturated carbocycles. The summed E-state index contributed by atoms with van der Waals surface area (Å²) in [6, 6.07) is -1.65. The monoisotopic (exact) mass is 203 g/mol. The summed E-state index contributed by atoms with van der Waals surface area (Å²) in [5.74, 6) is -1.72. The molecule has 0 aliphatic rings. The molecule has 0 radical (unpaired) electrons. The fourth-order valence-electron chi connectivity index (χ4n) is 0.677. The first-order valence-corrected chi connectivity index (χ1v) is 3.97. The van der Waals surface area contributed by atoms with Gasteiger partial charge in [-0.05, 0) is 6.42 Å². The molecule has 0 saturated heterocycles. The summed E-state index contributed by atoms with van der Waals surface area (Å²) in [6.45, 7) is 0. The van der Waals surface area contributed by atoms with Gasteiger partial charge in [0, 0.05) is 13.5 Å². The molecule has 0 aromatic rings. The van der Waals surface area contributed by atoms with Crippen molar-refractivity contribution in [1.29, 1.82) is 0 Å². The first kappa shape index (κ1) is 12.4. The molecule has 0 heterocycles. The van der Waals surface area contributed by atoms with Gasteiger partial charge in [0.25, 0.3) is 0 Å². The van der Waals surface area contributed by atoms with Crippen LogP contribution >= 0.6 is 0 Å². The molecule has 3 amide bonds. The van der Waals surface area contributed by atoms with Crippen molar-refractivity contribution in [1.82, 2.24) is 10.6 Å². The van der Waals surface area contributed by atoms with Crippen molar-refractivity contribution < 1.29 is 19.5 Å². The molecule has 7 heteroatoms. The van der Waals surface area contributed by atoms with Crippen LogP contribution in [0.3, 0.4) is 0 Å². The number of aliphatic carboxylic acids is 1. The highest BCUT2D eigenvalue weighted by Crippen LogP contribution is 1.94. The minimum absolute atomic E-state index is 0.00182. The number of urea groups is 1. The Kier molecular flexibility index (Phi) is 5.23. The Morgan fingerprint density at radius 2 is 2.00 bits per heavy atom. The van der Waals surface area contributed by atoms with Gasteiger partial charge < -0.3 is 16.2 Å². The normalized spacial score (nSPS) is 11.6. The van der Waals surface area contributed by atoms with Crippen molar-refractivity contribution >= 4 is 17.9 Å². The lowest BCUT2D eigenvalue weighted by Crippen LogP contribution is -2.46. The molecule has 0 aromatic carbocycles. The van der Waals surface area contributed by atoms with Crippen LogP contribution in [-0.4, -0.2) is 36.1 Å². The second-order valence-corrected chi connectivity index (χ2v) is 2.61. The Hall–Kier alpha value is -1.63. The Bertz CT molecular complexity index is 241. The zero-order valence-electron chi connectivity index (χ0n) is 7.74. The van der Waals surface area contributed by atoms with Crippen LogP contribution in [0.15, 0.2) is 0 Å². The molecule has 5 N–H and O–H groups in total. The van der Waals surface area contributed by atoms with Crippen LogP contribution in [0.2, 0.25) is 0 Å². The SMILES string of the molecule is CNC(=O)NC(=O)[C@@H](N)CCC(=O)O. The zero-order valence-corrected chi connectivity index (χ0v) is 7.74. The molecule has 14 heavy (non-hydrogen) atoms. The maximum Gasteiger partial charge on any atom is 0.321 e. The summed E-state index contributed by atoms with van der Waals surface area (Å²) in [4.78, 5) is 31.8. The molecule has 1 atom stereocenters. The van der Waals surface area contributed by atoms with E-state index in [9.17, 15) is 14.4 Å². The van der Waals surface area contributed by atoms with Crippen LogP contribution in [0.25, 0.3) is 0 Å². The molecule has 0 rings (SSSR count). The maximum atomic E-state index is 11.0. The number of nitrogens with two attached hydrogens (primary N) is 1. The number of carbonyl (C=O) groups excluding carboxylic acids is 2. The highest BCUT2D eigenvalue weighted by Gasteiger charge is 2.16.